The summed E-state index contributed by atoms with van der Waals surface area (Å²) in [5, 5.41) is 11.5. The highest BCUT2D eigenvalue weighted by molar-refractivity contribution is 5.43. The van der Waals surface area contributed by atoms with Crippen LogP contribution in [-0.4, -0.2) is 23.3 Å². The van der Waals surface area contributed by atoms with Crippen molar-refractivity contribution in [3.63, 3.8) is 0 Å². The molecule has 0 aliphatic carbocycles. The lowest BCUT2D eigenvalue weighted by Gasteiger charge is -2.09. The van der Waals surface area contributed by atoms with E-state index in [1.165, 1.54) is 24.4 Å². The van der Waals surface area contributed by atoms with Crippen molar-refractivity contribution in [2.75, 3.05) is 18.5 Å². The van der Waals surface area contributed by atoms with Crippen LogP contribution in [0.15, 0.2) is 36.5 Å². The van der Waals surface area contributed by atoms with Crippen molar-refractivity contribution in [2.45, 2.75) is 6.54 Å². The predicted octanol–water partition coefficient (Wildman–Crippen LogP) is 2.34. The molecule has 2 N–H and O–H groups in total. The van der Waals surface area contributed by atoms with Gasteiger partial charge in [0.1, 0.15) is 18.2 Å². The molecular weight excluding hydrogens is 266 g/mol. The number of hydrogen-bond donors (Lipinski definition) is 2. The van der Waals surface area contributed by atoms with Gasteiger partial charge in [-0.2, -0.15) is 0 Å². The van der Waals surface area contributed by atoms with Gasteiger partial charge in [0.2, 0.25) is 5.88 Å². The molecule has 0 spiro atoms. The van der Waals surface area contributed by atoms with Crippen LogP contribution < -0.4 is 10.1 Å². The molecule has 0 amide bonds. The molecule has 0 bridgehead atoms. The Balaban J connectivity index is 1.97. The summed E-state index contributed by atoms with van der Waals surface area (Å²) < 4.78 is 31.9. The maximum Gasteiger partial charge on any atom is 0.213 e. The van der Waals surface area contributed by atoms with Gasteiger partial charge >= 0.3 is 0 Å². The van der Waals surface area contributed by atoms with Crippen LogP contribution >= 0.6 is 0 Å². The van der Waals surface area contributed by atoms with Gasteiger partial charge < -0.3 is 15.2 Å². The van der Waals surface area contributed by atoms with E-state index in [-0.39, 0.29) is 25.3 Å². The van der Waals surface area contributed by atoms with E-state index in [9.17, 15) is 8.78 Å². The molecule has 0 unspecified atom stereocenters. The number of anilines is 1. The molecule has 1 aromatic carbocycles. The van der Waals surface area contributed by atoms with Crippen molar-refractivity contribution in [3.05, 3.63) is 53.7 Å². The Labute approximate surface area is 115 Å². The highest BCUT2D eigenvalue weighted by Crippen LogP contribution is 2.16. The standard InChI is InChI=1S/C14H14F2N2O2/c15-12-2-1-3-13(16)11(12)9-17-10-4-5-14(18-8-10)20-7-6-19/h1-5,8,17,19H,6-7,9H2. The number of halogens is 2. The molecule has 2 aromatic rings. The second kappa shape index (κ2) is 6.81. The Morgan fingerprint density at radius 1 is 1.15 bits per heavy atom. The highest BCUT2D eigenvalue weighted by atomic mass is 19.1. The van der Waals surface area contributed by atoms with Gasteiger partial charge in [-0.1, -0.05) is 6.07 Å². The summed E-state index contributed by atoms with van der Waals surface area (Å²) in [7, 11) is 0. The number of ether oxygens (including phenoxy) is 1. The molecule has 1 aromatic heterocycles. The van der Waals surface area contributed by atoms with Gasteiger partial charge in [-0.3, -0.25) is 0 Å². The largest absolute Gasteiger partial charge is 0.475 e. The first kappa shape index (κ1) is 14.2. The average molecular weight is 280 g/mol. The average Bonchev–Trinajstić information content (AvgIpc) is 2.46. The molecule has 0 aliphatic heterocycles. The van der Waals surface area contributed by atoms with E-state index in [1.807, 2.05) is 0 Å². The molecule has 1 heterocycles. The van der Waals surface area contributed by atoms with Gasteiger partial charge in [-0.05, 0) is 18.2 Å². The van der Waals surface area contributed by atoms with Crippen molar-refractivity contribution in [1.82, 2.24) is 4.98 Å². The van der Waals surface area contributed by atoms with Crippen LogP contribution in [0.5, 0.6) is 5.88 Å². The fourth-order valence-corrected chi connectivity index (χ4v) is 1.61. The minimum absolute atomic E-state index is 0.0203. The lowest BCUT2D eigenvalue weighted by molar-refractivity contribution is 0.196. The molecule has 0 saturated heterocycles. The molecule has 0 atom stereocenters. The number of nitrogens with one attached hydrogen (secondary N) is 1. The summed E-state index contributed by atoms with van der Waals surface area (Å²) in [6.07, 6.45) is 1.49. The fraction of sp³-hybridized carbons (Fsp3) is 0.214. The first-order valence-electron chi connectivity index (χ1n) is 6.07. The van der Waals surface area contributed by atoms with Gasteiger partial charge in [0.25, 0.3) is 0 Å². The molecule has 0 aliphatic rings. The topological polar surface area (TPSA) is 54.4 Å². The van der Waals surface area contributed by atoms with E-state index in [0.29, 0.717) is 11.6 Å². The van der Waals surface area contributed by atoms with Crippen LogP contribution in [0.3, 0.4) is 0 Å². The third kappa shape index (κ3) is 3.64. The Morgan fingerprint density at radius 3 is 2.50 bits per heavy atom. The lowest BCUT2D eigenvalue weighted by atomic mass is 10.2. The Kier molecular flexibility index (Phi) is 4.84. The summed E-state index contributed by atoms with van der Waals surface area (Å²) in [6, 6.07) is 7.03. The summed E-state index contributed by atoms with van der Waals surface area (Å²) in [6.45, 7) is 0.103. The molecule has 106 valence electrons. The summed E-state index contributed by atoms with van der Waals surface area (Å²) in [4.78, 5) is 3.99. The molecule has 2 rings (SSSR count). The zero-order valence-electron chi connectivity index (χ0n) is 10.6. The smallest absolute Gasteiger partial charge is 0.213 e. The molecule has 0 saturated carbocycles. The van der Waals surface area contributed by atoms with E-state index in [2.05, 4.69) is 10.3 Å². The fourth-order valence-electron chi connectivity index (χ4n) is 1.61. The van der Waals surface area contributed by atoms with E-state index in [4.69, 9.17) is 9.84 Å². The second-order valence-corrected chi connectivity index (χ2v) is 4.01. The second-order valence-electron chi connectivity index (χ2n) is 4.01. The van der Waals surface area contributed by atoms with E-state index in [0.717, 1.165) is 0 Å². The van der Waals surface area contributed by atoms with Crippen molar-refractivity contribution in [1.29, 1.82) is 0 Å². The molecular formula is C14H14F2N2O2. The number of aliphatic hydroxyl groups excluding tert-OH is 1. The van der Waals surface area contributed by atoms with Gasteiger partial charge in [-0.25, -0.2) is 13.8 Å². The van der Waals surface area contributed by atoms with Crippen molar-refractivity contribution in [3.8, 4) is 5.88 Å². The number of aliphatic hydroxyl groups is 1. The van der Waals surface area contributed by atoms with E-state index < -0.39 is 11.6 Å². The van der Waals surface area contributed by atoms with E-state index in [1.54, 1.807) is 12.1 Å². The van der Waals surface area contributed by atoms with Crippen LogP contribution in [0.1, 0.15) is 5.56 Å². The number of hydrogen-bond acceptors (Lipinski definition) is 4. The predicted molar refractivity (Wildman–Crippen MR) is 70.5 cm³/mol. The number of benzene rings is 1. The van der Waals surface area contributed by atoms with Crippen molar-refractivity contribution >= 4 is 5.69 Å². The quantitative estimate of drug-likeness (QED) is 0.853. The van der Waals surface area contributed by atoms with Crippen molar-refractivity contribution in [2.24, 2.45) is 0 Å². The number of pyridine rings is 1. The first-order valence-corrected chi connectivity index (χ1v) is 6.07. The molecule has 4 nitrogen and oxygen atoms in total. The third-order valence-corrected chi connectivity index (χ3v) is 2.61. The minimum atomic E-state index is -0.589. The maximum atomic E-state index is 13.4. The summed E-state index contributed by atoms with van der Waals surface area (Å²) >= 11 is 0. The molecule has 20 heavy (non-hydrogen) atoms. The monoisotopic (exact) mass is 280 g/mol. The Morgan fingerprint density at radius 2 is 1.90 bits per heavy atom. The lowest BCUT2D eigenvalue weighted by Crippen LogP contribution is -2.06. The summed E-state index contributed by atoms with van der Waals surface area (Å²) in [5.74, 6) is -0.802. The zero-order chi connectivity index (χ0) is 14.4. The van der Waals surface area contributed by atoms with E-state index >= 15 is 0 Å². The van der Waals surface area contributed by atoms with Crippen molar-refractivity contribution < 1.29 is 18.6 Å². The van der Waals surface area contributed by atoms with Gasteiger partial charge in [0.15, 0.2) is 0 Å². The van der Waals surface area contributed by atoms with Gasteiger partial charge in [-0.15, -0.1) is 0 Å². The Bertz CT molecular complexity index is 541. The zero-order valence-corrected chi connectivity index (χ0v) is 10.6. The number of nitrogens with zero attached hydrogens (tertiary/aromatic N) is 1. The molecule has 6 heteroatoms. The first-order chi connectivity index (χ1) is 9.70. The molecule has 0 fully saturated rings. The highest BCUT2D eigenvalue weighted by Gasteiger charge is 2.07. The maximum absolute atomic E-state index is 13.4. The normalized spacial score (nSPS) is 10.3. The van der Waals surface area contributed by atoms with Crippen LogP contribution in [0.2, 0.25) is 0 Å². The van der Waals surface area contributed by atoms with Gasteiger partial charge in [0, 0.05) is 18.2 Å². The summed E-state index contributed by atoms with van der Waals surface area (Å²) in [5.41, 5.74) is 0.595. The minimum Gasteiger partial charge on any atom is -0.475 e. The SMILES string of the molecule is OCCOc1ccc(NCc2c(F)cccc2F)cn1. The van der Waals surface area contributed by atoms with Crippen LogP contribution in [-0.2, 0) is 6.54 Å². The number of rotatable bonds is 6. The molecule has 0 radical (unpaired) electrons. The van der Waals surface area contributed by atoms with Crippen LogP contribution in [0, 0.1) is 11.6 Å². The number of aromatic nitrogens is 1. The van der Waals surface area contributed by atoms with Crippen LogP contribution in [0.25, 0.3) is 0 Å². The third-order valence-electron chi connectivity index (χ3n) is 2.61. The van der Waals surface area contributed by atoms with Crippen LogP contribution in [0.4, 0.5) is 14.5 Å². The van der Waals surface area contributed by atoms with Gasteiger partial charge in [0.05, 0.1) is 18.5 Å². The Hall–Kier alpha value is -2.21.